The molecule has 0 saturated carbocycles. The lowest BCUT2D eigenvalue weighted by atomic mass is 10.4. The first-order valence-electron chi connectivity index (χ1n) is 6.87. The zero-order chi connectivity index (χ0) is 14.8. The second-order valence-corrected chi connectivity index (χ2v) is 7.01. The first-order valence-corrected chi connectivity index (χ1v) is 8.31. The zero-order valence-electron chi connectivity index (χ0n) is 12.1. The van der Waals surface area contributed by atoms with Gasteiger partial charge >= 0.3 is 0 Å². The lowest BCUT2D eigenvalue weighted by molar-refractivity contribution is 0.294. The molecule has 0 amide bonds. The molecule has 0 bridgehead atoms. The maximum absolute atomic E-state index is 12.6. The molecule has 2 rings (SSSR count). The van der Waals surface area contributed by atoms with E-state index >= 15 is 0 Å². The first-order chi connectivity index (χ1) is 9.45. The Morgan fingerprint density at radius 1 is 1.30 bits per heavy atom. The van der Waals surface area contributed by atoms with E-state index in [1.54, 1.807) is 24.7 Å². The number of nitrogens with zero attached hydrogens (tertiary/aromatic N) is 4. The summed E-state index contributed by atoms with van der Waals surface area (Å²) in [6.45, 7) is 5.87. The lowest BCUT2D eigenvalue weighted by Gasteiger charge is -2.20. The molecule has 0 unspecified atom stereocenters. The van der Waals surface area contributed by atoms with Gasteiger partial charge < -0.3 is 15.2 Å². The summed E-state index contributed by atoms with van der Waals surface area (Å²) in [5, 5.41) is 0.143. The summed E-state index contributed by atoms with van der Waals surface area (Å²) in [4.78, 5) is 6.35. The van der Waals surface area contributed by atoms with E-state index in [9.17, 15) is 8.42 Å². The van der Waals surface area contributed by atoms with Crippen LogP contribution < -0.4 is 5.73 Å². The maximum atomic E-state index is 12.6. The van der Waals surface area contributed by atoms with Crippen LogP contribution in [-0.2, 0) is 17.1 Å². The van der Waals surface area contributed by atoms with Crippen molar-refractivity contribution >= 4 is 10.0 Å². The van der Waals surface area contributed by atoms with Gasteiger partial charge in [0.05, 0.1) is 0 Å². The highest BCUT2D eigenvalue weighted by Gasteiger charge is 2.28. The van der Waals surface area contributed by atoms with Crippen LogP contribution in [0.25, 0.3) is 0 Å². The summed E-state index contributed by atoms with van der Waals surface area (Å²) in [6.07, 6.45) is 2.40. The number of nitrogens with two attached hydrogens (primary N) is 1. The molecular weight excluding hydrogens is 278 g/mol. The number of hydrogen-bond donors (Lipinski definition) is 1. The predicted octanol–water partition coefficient (Wildman–Crippen LogP) is -0.616. The molecule has 0 spiro atoms. The number of hydrogen-bond acceptors (Lipinski definition) is 5. The molecule has 20 heavy (non-hydrogen) atoms. The monoisotopic (exact) mass is 301 g/mol. The Morgan fingerprint density at radius 2 is 2.05 bits per heavy atom. The van der Waals surface area contributed by atoms with Crippen LogP contribution in [0, 0.1) is 6.92 Å². The Morgan fingerprint density at radius 3 is 2.65 bits per heavy atom. The summed E-state index contributed by atoms with van der Waals surface area (Å²) in [6, 6.07) is 0. The fourth-order valence-electron chi connectivity index (χ4n) is 2.38. The van der Waals surface area contributed by atoms with Gasteiger partial charge in [-0.25, -0.2) is 13.4 Å². The van der Waals surface area contributed by atoms with Crippen molar-refractivity contribution in [1.29, 1.82) is 0 Å². The summed E-state index contributed by atoms with van der Waals surface area (Å²) in [7, 11) is -1.68. The second kappa shape index (κ2) is 6.21. The quantitative estimate of drug-likeness (QED) is 0.801. The van der Waals surface area contributed by atoms with Crippen LogP contribution in [0.4, 0.5) is 0 Å². The van der Waals surface area contributed by atoms with Crippen molar-refractivity contribution < 1.29 is 8.42 Å². The largest absolute Gasteiger partial charge is 0.337 e. The molecule has 0 aliphatic carbocycles. The van der Waals surface area contributed by atoms with Crippen molar-refractivity contribution in [3.8, 4) is 0 Å². The third-order valence-corrected chi connectivity index (χ3v) is 5.45. The van der Waals surface area contributed by atoms with E-state index in [1.165, 1.54) is 4.31 Å². The summed E-state index contributed by atoms with van der Waals surface area (Å²) in [5.41, 5.74) is 5.56. The Balaban J connectivity index is 2.13. The van der Waals surface area contributed by atoms with Crippen LogP contribution in [0.1, 0.15) is 12.2 Å². The Kier molecular flexibility index (Phi) is 4.79. The molecule has 2 heterocycles. The van der Waals surface area contributed by atoms with E-state index in [4.69, 9.17) is 5.73 Å². The van der Waals surface area contributed by atoms with Crippen LogP contribution in [0.15, 0.2) is 11.2 Å². The van der Waals surface area contributed by atoms with Crippen LogP contribution in [0.2, 0.25) is 0 Å². The molecule has 8 heteroatoms. The van der Waals surface area contributed by atoms with E-state index in [2.05, 4.69) is 9.88 Å². The van der Waals surface area contributed by atoms with Gasteiger partial charge in [-0.1, -0.05) is 0 Å². The van der Waals surface area contributed by atoms with Crippen LogP contribution >= 0.6 is 0 Å². The topological polar surface area (TPSA) is 84.5 Å². The number of aromatic nitrogens is 2. The van der Waals surface area contributed by atoms with Gasteiger partial charge in [0.15, 0.2) is 5.03 Å². The predicted molar refractivity (Wildman–Crippen MR) is 76.8 cm³/mol. The highest BCUT2D eigenvalue weighted by atomic mass is 32.2. The third-order valence-electron chi connectivity index (χ3n) is 3.68. The zero-order valence-corrected chi connectivity index (χ0v) is 12.9. The first kappa shape index (κ1) is 15.4. The number of imidazole rings is 1. The minimum atomic E-state index is -3.48. The van der Waals surface area contributed by atoms with Crippen LogP contribution in [-0.4, -0.2) is 66.4 Å². The molecule has 1 saturated heterocycles. The Bertz CT molecular complexity index is 535. The molecule has 1 aromatic heterocycles. The third kappa shape index (κ3) is 3.20. The van der Waals surface area contributed by atoms with Gasteiger partial charge in [0.1, 0.15) is 5.82 Å². The van der Waals surface area contributed by atoms with Gasteiger partial charge in [-0.05, 0) is 19.9 Å². The summed E-state index contributed by atoms with van der Waals surface area (Å²) < 4.78 is 28.4. The molecule has 0 radical (unpaired) electrons. The standard InChI is InChI=1S/C12H23N5O2S/c1-11-14-12(10-15(11)2)20(18,19)17-6-3-5-16(7-4-13)8-9-17/h10H,3-9,13H2,1-2H3. The van der Waals surface area contributed by atoms with E-state index < -0.39 is 10.0 Å². The summed E-state index contributed by atoms with van der Waals surface area (Å²) >= 11 is 0. The molecule has 1 aromatic rings. The van der Waals surface area contributed by atoms with E-state index in [0.29, 0.717) is 25.5 Å². The van der Waals surface area contributed by atoms with Gasteiger partial charge in [-0.15, -0.1) is 0 Å². The lowest BCUT2D eigenvalue weighted by Crippen LogP contribution is -2.36. The van der Waals surface area contributed by atoms with Crippen molar-refractivity contribution in [2.45, 2.75) is 18.4 Å². The molecule has 114 valence electrons. The maximum Gasteiger partial charge on any atom is 0.262 e. The van der Waals surface area contributed by atoms with Gasteiger partial charge in [-0.3, -0.25) is 0 Å². The van der Waals surface area contributed by atoms with Crippen molar-refractivity contribution in [2.24, 2.45) is 12.8 Å². The number of rotatable bonds is 4. The van der Waals surface area contributed by atoms with Crippen LogP contribution in [0.5, 0.6) is 0 Å². The molecule has 2 N–H and O–H groups in total. The van der Waals surface area contributed by atoms with Crippen molar-refractivity contribution in [1.82, 2.24) is 18.8 Å². The molecule has 1 fully saturated rings. The average molecular weight is 301 g/mol. The van der Waals surface area contributed by atoms with Crippen molar-refractivity contribution in [2.75, 3.05) is 39.3 Å². The molecule has 1 aliphatic rings. The van der Waals surface area contributed by atoms with Gasteiger partial charge in [-0.2, -0.15) is 4.31 Å². The number of aryl methyl sites for hydroxylation is 2. The van der Waals surface area contributed by atoms with E-state index in [0.717, 1.165) is 26.1 Å². The van der Waals surface area contributed by atoms with Gasteiger partial charge in [0.2, 0.25) is 0 Å². The molecule has 0 atom stereocenters. The van der Waals surface area contributed by atoms with Crippen LogP contribution in [0.3, 0.4) is 0 Å². The second-order valence-electron chi connectivity index (χ2n) is 5.13. The Hall–Kier alpha value is -0.960. The normalized spacial score (nSPS) is 19.1. The minimum absolute atomic E-state index is 0.143. The fraction of sp³-hybridized carbons (Fsp3) is 0.750. The van der Waals surface area contributed by atoms with Gasteiger partial charge in [0, 0.05) is 46.0 Å². The SMILES string of the molecule is Cc1nc(S(=O)(=O)N2CCCN(CCN)CC2)cn1C. The smallest absolute Gasteiger partial charge is 0.262 e. The molecule has 1 aliphatic heterocycles. The molecular formula is C12H23N5O2S. The summed E-state index contributed by atoms with van der Waals surface area (Å²) in [5.74, 6) is 0.697. The van der Waals surface area contributed by atoms with Gasteiger partial charge in [0.25, 0.3) is 10.0 Å². The molecule has 0 aromatic carbocycles. The highest BCUT2D eigenvalue weighted by Crippen LogP contribution is 2.16. The Labute approximate surface area is 120 Å². The highest BCUT2D eigenvalue weighted by molar-refractivity contribution is 7.89. The minimum Gasteiger partial charge on any atom is -0.337 e. The molecule has 7 nitrogen and oxygen atoms in total. The van der Waals surface area contributed by atoms with Crippen molar-refractivity contribution in [3.63, 3.8) is 0 Å². The van der Waals surface area contributed by atoms with E-state index in [1.807, 2.05) is 0 Å². The van der Waals surface area contributed by atoms with E-state index in [-0.39, 0.29) is 5.03 Å². The number of sulfonamides is 1. The fourth-order valence-corrected chi connectivity index (χ4v) is 3.87. The average Bonchev–Trinajstić information content (AvgIpc) is 2.63. The van der Waals surface area contributed by atoms with Crippen molar-refractivity contribution in [3.05, 3.63) is 12.0 Å².